The minimum absolute atomic E-state index is 0.280. The van der Waals surface area contributed by atoms with Crippen LogP contribution >= 0.6 is 15.9 Å². The van der Waals surface area contributed by atoms with Crippen molar-refractivity contribution in [3.8, 4) is 11.5 Å². The van der Waals surface area contributed by atoms with Gasteiger partial charge in [0.15, 0.2) is 17.1 Å². The Morgan fingerprint density at radius 1 is 1.36 bits per heavy atom. The highest BCUT2D eigenvalue weighted by Crippen LogP contribution is 2.38. The molecule has 0 N–H and O–H groups in total. The number of benzene rings is 1. The van der Waals surface area contributed by atoms with Crippen molar-refractivity contribution in [3.05, 3.63) is 22.7 Å². The number of rotatable bonds is 3. The van der Waals surface area contributed by atoms with Crippen LogP contribution in [-0.4, -0.2) is 37.0 Å². The van der Waals surface area contributed by atoms with E-state index in [1.807, 2.05) is 32.0 Å². The Balaban J connectivity index is 2.24. The zero-order valence-electron chi connectivity index (χ0n) is 13.4. The summed E-state index contributed by atoms with van der Waals surface area (Å²) in [5.74, 6) is 0.854. The summed E-state index contributed by atoms with van der Waals surface area (Å²) >= 11 is 3.42. The molecule has 1 heterocycles. The fourth-order valence-electron chi connectivity index (χ4n) is 2.22. The van der Waals surface area contributed by atoms with Crippen molar-refractivity contribution in [2.24, 2.45) is 0 Å². The Kier molecular flexibility index (Phi) is 4.73. The summed E-state index contributed by atoms with van der Waals surface area (Å²) in [5, 5.41) is 0. The van der Waals surface area contributed by atoms with E-state index < -0.39 is 23.3 Å². The molecular weight excluding hydrogens is 352 g/mol. The predicted molar refractivity (Wildman–Crippen MR) is 85.3 cm³/mol. The maximum atomic E-state index is 11.8. The molecule has 0 radical (unpaired) electrons. The van der Waals surface area contributed by atoms with Crippen molar-refractivity contribution in [1.29, 1.82) is 0 Å². The summed E-state index contributed by atoms with van der Waals surface area (Å²) in [4.78, 5) is 11.8. The van der Waals surface area contributed by atoms with Gasteiger partial charge in [0.25, 0.3) is 0 Å². The van der Waals surface area contributed by atoms with Gasteiger partial charge < -0.3 is 18.9 Å². The van der Waals surface area contributed by atoms with Gasteiger partial charge in [-0.05, 0) is 45.9 Å². The second-order valence-electron chi connectivity index (χ2n) is 6.22. The number of ether oxygens (including phenoxy) is 4. The number of carbonyl (C=O) groups excluding carboxylic acids is 1. The maximum absolute atomic E-state index is 11.8. The van der Waals surface area contributed by atoms with Gasteiger partial charge in [-0.25, -0.2) is 4.79 Å². The normalized spacial score (nSPS) is 20.2. The molecule has 1 aromatic rings. The quantitative estimate of drug-likeness (QED) is 0.761. The first-order valence-corrected chi connectivity index (χ1v) is 7.82. The highest BCUT2D eigenvalue weighted by molar-refractivity contribution is 9.10. The predicted octanol–water partition coefficient (Wildman–Crippen LogP) is 3.34. The fourth-order valence-corrected chi connectivity index (χ4v) is 2.56. The van der Waals surface area contributed by atoms with Gasteiger partial charge in [-0.3, -0.25) is 0 Å². The average Bonchev–Trinajstić information content (AvgIpc) is 2.54. The molecule has 0 aliphatic carbocycles. The van der Waals surface area contributed by atoms with E-state index in [-0.39, 0.29) is 6.61 Å². The first-order chi connectivity index (χ1) is 10.2. The van der Waals surface area contributed by atoms with Crippen LogP contribution in [0.5, 0.6) is 11.5 Å². The van der Waals surface area contributed by atoms with Crippen LogP contribution in [0, 0.1) is 0 Å². The van der Waals surface area contributed by atoms with Gasteiger partial charge >= 0.3 is 5.97 Å². The Labute approximate surface area is 139 Å². The van der Waals surface area contributed by atoms with Gasteiger partial charge in [0.05, 0.1) is 7.11 Å². The first-order valence-electron chi connectivity index (χ1n) is 7.03. The fraction of sp³-hybridized carbons (Fsp3) is 0.562. The average molecular weight is 373 g/mol. The van der Waals surface area contributed by atoms with Gasteiger partial charge in [0.1, 0.15) is 18.3 Å². The van der Waals surface area contributed by atoms with Crippen LogP contribution in [0.25, 0.3) is 0 Å². The van der Waals surface area contributed by atoms with E-state index >= 15 is 0 Å². The minimum atomic E-state index is -1.08. The molecule has 0 spiro atoms. The van der Waals surface area contributed by atoms with E-state index in [2.05, 4.69) is 15.9 Å². The van der Waals surface area contributed by atoms with Gasteiger partial charge in [-0.1, -0.05) is 15.9 Å². The van der Waals surface area contributed by atoms with Gasteiger partial charge in [0, 0.05) is 4.47 Å². The lowest BCUT2D eigenvalue weighted by Crippen LogP contribution is -2.51. The second kappa shape index (κ2) is 6.08. The van der Waals surface area contributed by atoms with Crippen LogP contribution < -0.4 is 9.47 Å². The number of hydrogen-bond acceptors (Lipinski definition) is 5. The van der Waals surface area contributed by atoms with Crippen molar-refractivity contribution < 1.29 is 23.7 Å². The zero-order valence-corrected chi connectivity index (χ0v) is 15.0. The number of esters is 1. The number of halogens is 1. The highest BCUT2D eigenvalue weighted by atomic mass is 79.9. The number of hydrogen-bond donors (Lipinski definition) is 0. The van der Waals surface area contributed by atoms with E-state index in [9.17, 15) is 4.79 Å². The topological polar surface area (TPSA) is 54.0 Å². The highest BCUT2D eigenvalue weighted by Gasteiger charge is 2.43. The smallest absolute Gasteiger partial charge is 0.337 e. The van der Waals surface area contributed by atoms with E-state index in [1.54, 1.807) is 13.8 Å². The Hall–Kier alpha value is -1.27. The van der Waals surface area contributed by atoms with E-state index in [0.717, 1.165) is 4.47 Å². The molecule has 1 aliphatic rings. The molecule has 122 valence electrons. The molecular formula is C16H21BrO5. The third kappa shape index (κ3) is 3.55. The standard InChI is InChI=1S/C16H21BrO5/c1-15(2)13(22-16(3,4)14(18)19-5)9-20-11-7-6-10(17)8-12(11)21-15/h6-8,13H,9H2,1-5H3/t13-/m0/s1. The summed E-state index contributed by atoms with van der Waals surface area (Å²) in [6.07, 6.45) is -0.437. The molecule has 1 aliphatic heterocycles. The third-order valence-corrected chi connectivity index (χ3v) is 4.05. The Bertz CT molecular complexity index is 568. The van der Waals surface area contributed by atoms with Crippen molar-refractivity contribution in [2.75, 3.05) is 13.7 Å². The molecule has 0 unspecified atom stereocenters. The summed E-state index contributed by atoms with van der Waals surface area (Å²) in [5.41, 5.74) is -1.75. The van der Waals surface area contributed by atoms with E-state index in [0.29, 0.717) is 11.5 Å². The Morgan fingerprint density at radius 3 is 2.68 bits per heavy atom. The van der Waals surface area contributed by atoms with Crippen molar-refractivity contribution >= 4 is 21.9 Å². The van der Waals surface area contributed by atoms with Crippen molar-refractivity contribution in [3.63, 3.8) is 0 Å². The molecule has 0 fully saturated rings. The summed E-state index contributed by atoms with van der Waals surface area (Å²) in [6.45, 7) is 7.43. The second-order valence-corrected chi connectivity index (χ2v) is 7.13. The lowest BCUT2D eigenvalue weighted by molar-refractivity contribution is -0.187. The maximum Gasteiger partial charge on any atom is 0.337 e. The molecule has 1 aromatic carbocycles. The van der Waals surface area contributed by atoms with Gasteiger partial charge in [-0.15, -0.1) is 0 Å². The van der Waals surface area contributed by atoms with Crippen molar-refractivity contribution in [2.45, 2.75) is 45.0 Å². The number of fused-ring (bicyclic) bond motifs is 1. The lowest BCUT2D eigenvalue weighted by Gasteiger charge is -2.36. The zero-order chi connectivity index (χ0) is 16.5. The summed E-state index contributed by atoms with van der Waals surface area (Å²) in [7, 11) is 1.34. The van der Waals surface area contributed by atoms with Crippen LogP contribution in [0.4, 0.5) is 0 Å². The van der Waals surface area contributed by atoms with Crippen LogP contribution in [-0.2, 0) is 14.3 Å². The minimum Gasteiger partial charge on any atom is -0.487 e. The van der Waals surface area contributed by atoms with Crippen LogP contribution in [0.1, 0.15) is 27.7 Å². The summed E-state index contributed by atoms with van der Waals surface area (Å²) in [6, 6.07) is 5.57. The SMILES string of the molecule is COC(=O)C(C)(C)O[C@H]1COc2ccc(Br)cc2OC1(C)C. The largest absolute Gasteiger partial charge is 0.487 e. The molecule has 0 aromatic heterocycles. The molecule has 0 saturated heterocycles. The third-order valence-electron chi connectivity index (χ3n) is 3.56. The van der Waals surface area contributed by atoms with Gasteiger partial charge in [-0.2, -0.15) is 0 Å². The molecule has 0 saturated carbocycles. The van der Waals surface area contributed by atoms with Crippen molar-refractivity contribution in [1.82, 2.24) is 0 Å². The molecule has 0 amide bonds. The molecule has 0 bridgehead atoms. The molecule has 22 heavy (non-hydrogen) atoms. The van der Waals surface area contributed by atoms with E-state index in [4.69, 9.17) is 18.9 Å². The molecule has 2 rings (SSSR count). The first kappa shape index (κ1) is 17.1. The van der Waals surface area contributed by atoms with E-state index in [1.165, 1.54) is 7.11 Å². The van der Waals surface area contributed by atoms with Crippen LogP contribution in [0.15, 0.2) is 22.7 Å². The number of carbonyl (C=O) groups is 1. The molecule has 5 nitrogen and oxygen atoms in total. The number of methoxy groups -OCH3 is 1. The monoisotopic (exact) mass is 372 g/mol. The van der Waals surface area contributed by atoms with Crippen LogP contribution in [0.2, 0.25) is 0 Å². The molecule has 6 heteroatoms. The van der Waals surface area contributed by atoms with Gasteiger partial charge in [0.2, 0.25) is 0 Å². The lowest BCUT2D eigenvalue weighted by atomic mass is 10.0. The Morgan fingerprint density at radius 2 is 2.05 bits per heavy atom. The molecule has 1 atom stereocenters. The van der Waals surface area contributed by atoms with Crippen LogP contribution in [0.3, 0.4) is 0 Å². The summed E-state index contributed by atoms with van der Waals surface area (Å²) < 4.78 is 23.5.